The molecule has 0 spiro atoms. The average Bonchev–Trinajstić information content (AvgIpc) is 2.63. The van der Waals surface area contributed by atoms with Gasteiger partial charge in [-0.2, -0.15) is 0 Å². The van der Waals surface area contributed by atoms with Crippen molar-refractivity contribution in [2.24, 2.45) is 0 Å². The number of hydrogen-bond donors (Lipinski definition) is 1. The third-order valence-corrected chi connectivity index (χ3v) is 5.32. The zero-order valence-electron chi connectivity index (χ0n) is 15.4. The molecule has 1 aliphatic heterocycles. The minimum atomic E-state index is -0.421. The molecule has 1 amide bonds. The van der Waals surface area contributed by atoms with Crippen LogP contribution in [0.1, 0.15) is 42.1 Å². The minimum Gasteiger partial charge on any atom is -0.363 e. The van der Waals surface area contributed by atoms with Gasteiger partial charge < -0.3 is 10.2 Å². The van der Waals surface area contributed by atoms with Gasteiger partial charge >= 0.3 is 0 Å². The maximum atomic E-state index is 12.6. The van der Waals surface area contributed by atoms with Crippen LogP contribution in [-0.2, 0) is 0 Å². The molecular weight excluding hydrogens is 366 g/mol. The topological polar surface area (TPSA) is 75.5 Å². The predicted octanol–water partition coefficient (Wildman–Crippen LogP) is 5.19. The van der Waals surface area contributed by atoms with Crippen LogP contribution in [0.25, 0.3) is 0 Å². The van der Waals surface area contributed by atoms with Crippen molar-refractivity contribution in [2.45, 2.75) is 39.2 Å². The van der Waals surface area contributed by atoms with Gasteiger partial charge in [-0.05, 0) is 50.8 Å². The van der Waals surface area contributed by atoms with Crippen LogP contribution in [0.2, 0.25) is 5.02 Å². The summed E-state index contributed by atoms with van der Waals surface area (Å²) in [5.41, 5.74) is 2.22. The second kappa shape index (κ2) is 7.96. The molecule has 0 radical (unpaired) electrons. The predicted molar refractivity (Wildman–Crippen MR) is 108 cm³/mol. The van der Waals surface area contributed by atoms with E-state index in [-0.39, 0.29) is 22.7 Å². The number of aryl methyl sites for hydroxylation is 1. The van der Waals surface area contributed by atoms with Crippen molar-refractivity contribution in [1.82, 2.24) is 0 Å². The molecule has 1 fully saturated rings. The van der Waals surface area contributed by atoms with Gasteiger partial charge in [0.05, 0.1) is 15.6 Å². The van der Waals surface area contributed by atoms with Crippen molar-refractivity contribution in [2.75, 3.05) is 16.8 Å². The lowest BCUT2D eigenvalue weighted by Gasteiger charge is -2.35. The first-order valence-electron chi connectivity index (χ1n) is 9.00. The number of nitrogens with zero attached hydrogens (tertiary/aromatic N) is 2. The molecular formula is C20H22ClN3O3. The van der Waals surface area contributed by atoms with Crippen molar-refractivity contribution in [3.8, 4) is 0 Å². The highest BCUT2D eigenvalue weighted by molar-refractivity contribution is 6.34. The Labute approximate surface area is 163 Å². The van der Waals surface area contributed by atoms with E-state index in [0.717, 1.165) is 31.4 Å². The van der Waals surface area contributed by atoms with E-state index >= 15 is 0 Å². The molecule has 0 aromatic heterocycles. The third-order valence-electron chi connectivity index (χ3n) is 5.01. The Balaban J connectivity index is 1.98. The Morgan fingerprint density at radius 1 is 1.30 bits per heavy atom. The molecule has 7 heteroatoms. The monoisotopic (exact) mass is 387 g/mol. The Bertz CT molecular complexity index is 885. The highest BCUT2D eigenvalue weighted by Crippen LogP contribution is 2.39. The summed E-state index contributed by atoms with van der Waals surface area (Å²) in [4.78, 5) is 25.8. The van der Waals surface area contributed by atoms with Gasteiger partial charge in [0.2, 0.25) is 0 Å². The van der Waals surface area contributed by atoms with Crippen LogP contribution in [0.15, 0.2) is 36.4 Å². The van der Waals surface area contributed by atoms with Crippen LogP contribution in [0, 0.1) is 17.0 Å². The molecule has 1 N–H and O–H groups in total. The fourth-order valence-corrected chi connectivity index (χ4v) is 3.70. The first-order valence-corrected chi connectivity index (χ1v) is 9.38. The molecule has 1 saturated heterocycles. The number of nitro benzene ring substituents is 1. The lowest BCUT2D eigenvalue weighted by atomic mass is 10.0. The molecule has 0 saturated carbocycles. The van der Waals surface area contributed by atoms with Crippen molar-refractivity contribution in [3.05, 3.63) is 62.7 Å². The maximum absolute atomic E-state index is 12.6. The number of halogens is 1. The van der Waals surface area contributed by atoms with Gasteiger partial charge in [-0.25, -0.2) is 0 Å². The molecule has 6 nitrogen and oxygen atoms in total. The summed E-state index contributed by atoms with van der Waals surface area (Å²) in [6, 6.07) is 10.4. The number of carbonyl (C=O) groups is 1. The third kappa shape index (κ3) is 4.06. The fourth-order valence-electron chi connectivity index (χ4n) is 3.50. The van der Waals surface area contributed by atoms with E-state index in [9.17, 15) is 14.9 Å². The van der Waals surface area contributed by atoms with Gasteiger partial charge in [0.15, 0.2) is 0 Å². The maximum Gasteiger partial charge on any atom is 0.294 e. The van der Waals surface area contributed by atoms with Gasteiger partial charge in [-0.3, -0.25) is 14.9 Å². The number of nitrogens with one attached hydrogen (secondary N) is 1. The number of piperidine rings is 1. The normalized spacial score (nSPS) is 16.9. The van der Waals surface area contributed by atoms with Gasteiger partial charge in [-0.15, -0.1) is 0 Å². The standard InChI is InChI=1S/C20H22ClN3O3/c1-13-7-3-4-9-15(13)20(25)22-17-12-18(19(24(26)27)11-16(17)21)23-10-6-5-8-14(23)2/h3-4,7,9,11-12,14H,5-6,8,10H2,1-2H3,(H,22,25). The van der Waals surface area contributed by atoms with E-state index in [1.54, 1.807) is 18.2 Å². The van der Waals surface area contributed by atoms with Gasteiger partial charge in [0.25, 0.3) is 11.6 Å². The number of amides is 1. The number of hydrogen-bond acceptors (Lipinski definition) is 4. The van der Waals surface area contributed by atoms with Crippen LogP contribution in [0.3, 0.4) is 0 Å². The van der Waals surface area contributed by atoms with Crippen LogP contribution in [-0.4, -0.2) is 23.4 Å². The van der Waals surface area contributed by atoms with Gasteiger partial charge in [-0.1, -0.05) is 29.8 Å². The van der Waals surface area contributed by atoms with Crippen molar-refractivity contribution in [1.29, 1.82) is 0 Å². The molecule has 1 aliphatic rings. The number of rotatable bonds is 4. The smallest absolute Gasteiger partial charge is 0.294 e. The number of nitro groups is 1. The first kappa shape index (κ1) is 19.2. The summed E-state index contributed by atoms with van der Waals surface area (Å²) < 4.78 is 0. The SMILES string of the molecule is Cc1ccccc1C(=O)Nc1cc(N2CCCCC2C)c([N+](=O)[O-])cc1Cl. The minimum absolute atomic E-state index is 0.0392. The van der Waals surface area contributed by atoms with E-state index in [4.69, 9.17) is 11.6 Å². The van der Waals surface area contributed by atoms with Gasteiger partial charge in [0.1, 0.15) is 5.69 Å². The number of carbonyl (C=O) groups excluding carboxylic acids is 1. The Hall–Kier alpha value is -2.60. The van der Waals surface area contributed by atoms with Crippen LogP contribution in [0.5, 0.6) is 0 Å². The Kier molecular flexibility index (Phi) is 5.65. The van der Waals surface area contributed by atoms with Crippen molar-refractivity contribution in [3.63, 3.8) is 0 Å². The lowest BCUT2D eigenvalue weighted by molar-refractivity contribution is -0.384. The summed E-state index contributed by atoms with van der Waals surface area (Å²) in [6.45, 7) is 4.66. The first-order chi connectivity index (χ1) is 12.9. The molecule has 2 aromatic carbocycles. The van der Waals surface area contributed by atoms with E-state index in [2.05, 4.69) is 12.2 Å². The van der Waals surface area contributed by atoms with Gasteiger partial charge in [0, 0.05) is 24.2 Å². The van der Waals surface area contributed by atoms with Crippen LogP contribution < -0.4 is 10.2 Å². The number of anilines is 2. The van der Waals surface area contributed by atoms with E-state index in [1.165, 1.54) is 6.07 Å². The molecule has 27 heavy (non-hydrogen) atoms. The largest absolute Gasteiger partial charge is 0.363 e. The summed E-state index contributed by atoms with van der Waals surface area (Å²) in [5.74, 6) is -0.290. The quantitative estimate of drug-likeness (QED) is 0.578. The highest BCUT2D eigenvalue weighted by atomic mass is 35.5. The summed E-state index contributed by atoms with van der Waals surface area (Å²) in [7, 11) is 0. The van der Waals surface area contributed by atoms with Crippen molar-refractivity contribution < 1.29 is 9.72 Å². The van der Waals surface area contributed by atoms with Crippen molar-refractivity contribution >= 4 is 34.6 Å². The lowest BCUT2D eigenvalue weighted by Crippen LogP contribution is -2.37. The summed E-state index contributed by atoms with van der Waals surface area (Å²) in [6.07, 6.45) is 3.07. The molecule has 1 atom stereocenters. The van der Waals surface area contributed by atoms with E-state index < -0.39 is 4.92 Å². The zero-order valence-corrected chi connectivity index (χ0v) is 16.1. The Morgan fingerprint density at radius 2 is 2.04 bits per heavy atom. The van der Waals surface area contributed by atoms with Crippen LogP contribution in [0.4, 0.5) is 17.1 Å². The molecule has 1 unspecified atom stereocenters. The van der Waals surface area contributed by atoms with Crippen LogP contribution >= 0.6 is 11.6 Å². The summed E-state index contributed by atoms with van der Waals surface area (Å²) in [5, 5.41) is 14.5. The average molecular weight is 388 g/mol. The zero-order chi connectivity index (χ0) is 19.6. The summed E-state index contributed by atoms with van der Waals surface area (Å²) >= 11 is 6.25. The molecule has 2 aromatic rings. The second-order valence-electron chi connectivity index (χ2n) is 6.89. The molecule has 1 heterocycles. The molecule has 3 rings (SSSR count). The second-order valence-corrected chi connectivity index (χ2v) is 7.29. The highest BCUT2D eigenvalue weighted by Gasteiger charge is 2.27. The number of benzene rings is 2. The molecule has 0 bridgehead atoms. The molecule has 142 valence electrons. The fraction of sp³-hybridized carbons (Fsp3) is 0.350. The van der Waals surface area contributed by atoms with E-state index in [1.807, 2.05) is 24.0 Å². The molecule has 0 aliphatic carbocycles. The Morgan fingerprint density at radius 3 is 2.70 bits per heavy atom. The van der Waals surface area contributed by atoms with E-state index in [0.29, 0.717) is 16.9 Å².